The van der Waals surface area contributed by atoms with Gasteiger partial charge in [-0.15, -0.1) is 0 Å². The Kier molecular flexibility index (Phi) is 9.15. The molecule has 6 rings (SSSR count). The van der Waals surface area contributed by atoms with Crippen LogP contribution in [0.1, 0.15) is 72.8 Å². The molecule has 0 spiro atoms. The highest BCUT2D eigenvalue weighted by molar-refractivity contribution is 6.03. The number of alkyl halides is 2. The van der Waals surface area contributed by atoms with Crippen LogP contribution in [0.5, 0.6) is 5.75 Å². The second kappa shape index (κ2) is 13.3. The van der Waals surface area contributed by atoms with E-state index in [1.807, 2.05) is 79.1 Å². The number of ether oxygens (including phenoxy) is 2. The quantitative estimate of drug-likeness (QED) is 0.154. The molecule has 0 bridgehead atoms. The van der Waals surface area contributed by atoms with E-state index in [-0.39, 0.29) is 57.3 Å². The molecule has 5 nitrogen and oxygen atoms in total. The van der Waals surface area contributed by atoms with Crippen LogP contribution in [0, 0.1) is 5.82 Å². The molecular formula is C39H38F3NO4. The van der Waals surface area contributed by atoms with Gasteiger partial charge < -0.3 is 19.1 Å². The van der Waals surface area contributed by atoms with Crippen LogP contribution in [0.4, 0.5) is 13.2 Å². The fraction of sp³-hybridized carbons (Fsp3) is 0.308. The first-order chi connectivity index (χ1) is 22.6. The van der Waals surface area contributed by atoms with Gasteiger partial charge in [0.05, 0.1) is 23.1 Å². The highest BCUT2D eigenvalue weighted by atomic mass is 19.3. The normalized spacial score (nSPS) is 15.1. The standard InChI is InChI=1S/C39H38F3NO4/c1-38(2,25-44)36-33(28-13-15-29(16-14-28)37(45)47-24-27-11-7-4-8-12-27)34-32(43(36)30-19-21-39(41,42)22-20-30)18-17-31(40)35(34)46-23-26-9-5-3-6-10-26/h3-18,30,44H,19-25H2,1-2H3. The van der Waals surface area contributed by atoms with Crippen LogP contribution in [-0.2, 0) is 23.4 Å². The number of aromatic nitrogens is 1. The molecule has 0 radical (unpaired) electrons. The minimum atomic E-state index is -2.74. The SMILES string of the molecule is CC(C)(CO)c1c(-c2ccc(C(=O)OCc3ccccc3)cc2)c2c(OCc3ccccc3)c(F)ccc2n1C1CCC(F)(F)CC1. The number of aliphatic hydroxyl groups is 1. The third-order valence-corrected chi connectivity index (χ3v) is 9.01. The molecule has 8 heteroatoms. The fourth-order valence-electron chi connectivity index (χ4n) is 6.48. The summed E-state index contributed by atoms with van der Waals surface area (Å²) in [6.45, 7) is 3.77. The Hall–Kier alpha value is -4.56. The molecule has 1 heterocycles. The zero-order valence-electron chi connectivity index (χ0n) is 26.5. The Morgan fingerprint density at radius 3 is 2.06 bits per heavy atom. The largest absolute Gasteiger partial charge is 0.485 e. The Balaban J connectivity index is 1.49. The number of benzene rings is 4. The molecule has 1 fully saturated rings. The summed E-state index contributed by atoms with van der Waals surface area (Å²) < 4.78 is 58.3. The van der Waals surface area contributed by atoms with E-state index < -0.39 is 23.1 Å². The van der Waals surface area contributed by atoms with Crippen molar-refractivity contribution in [3.05, 3.63) is 125 Å². The summed E-state index contributed by atoms with van der Waals surface area (Å²) in [4.78, 5) is 12.9. The van der Waals surface area contributed by atoms with Gasteiger partial charge in [0.25, 0.3) is 0 Å². The summed E-state index contributed by atoms with van der Waals surface area (Å²) in [7, 11) is 0. The van der Waals surface area contributed by atoms with Gasteiger partial charge in [0, 0.05) is 35.6 Å². The topological polar surface area (TPSA) is 60.7 Å². The number of hydrogen-bond acceptors (Lipinski definition) is 4. The average Bonchev–Trinajstić information content (AvgIpc) is 3.44. The van der Waals surface area contributed by atoms with Crippen molar-refractivity contribution in [2.45, 2.75) is 70.1 Å². The molecule has 0 unspecified atom stereocenters. The van der Waals surface area contributed by atoms with Crippen molar-refractivity contribution < 1.29 is 32.5 Å². The van der Waals surface area contributed by atoms with Crippen LogP contribution >= 0.6 is 0 Å². The van der Waals surface area contributed by atoms with Crippen molar-refractivity contribution >= 4 is 16.9 Å². The number of halogens is 3. The van der Waals surface area contributed by atoms with Crippen LogP contribution in [0.3, 0.4) is 0 Å². The average molecular weight is 642 g/mol. The predicted molar refractivity (Wildman–Crippen MR) is 176 cm³/mol. The summed E-state index contributed by atoms with van der Waals surface area (Å²) in [5.74, 6) is -3.74. The lowest BCUT2D eigenvalue weighted by atomic mass is 9.83. The van der Waals surface area contributed by atoms with Crippen LogP contribution < -0.4 is 4.74 Å². The van der Waals surface area contributed by atoms with E-state index in [1.165, 1.54) is 6.07 Å². The second-order valence-electron chi connectivity index (χ2n) is 12.9. The van der Waals surface area contributed by atoms with Crippen molar-refractivity contribution in [2.75, 3.05) is 6.61 Å². The third kappa shape index (κ3) is 6.79. The van der Waals surface area contributed by atoms with Crippen molar-refractivity contribution in [3.8, 4) is 16.9 Å². The first-order valence-electron chi connectivity index (χ1n) is 15.9. The van der Waals surface area contributed by atoms with E-state index in [1.54, 1.807) is 30.3 Å². The number of fused-ring (bicyclic) bond motifs is 1. The molecule has 5 aromatic rings. The number of aliphatic hydroxyl groups excluding tert-OH is 1. The van der Waals surface area contributed by atoms with Crippen LogP contribution in [0.25, 0.3) is 22.0 Å². The van der Waals surface area contributed by atoms with Crippen LogP contribution in [-0.4, -0.2) is 28.2 Å². The number of nitrogens with zero attached hydrogens (tertiary/aromatic N) is 1. The molecule has 0 saturated heterocycles. The fourth-order valence-corrected chi connectivity index (χ4v) is 6.48. The lowest BCUT2D eigenvalue weighted by Crippen LogP contribution is -2.31. The summed E-state index contributed by atoms with van der Waals surface area (Å²) in [6.07, 6.45) is -0.0585. The number of rotatable bonds is 10. The highest BCUT2D eigenvalue weighted by Gasteiger charge is 2.40. The molecular weight excluding hydrogens is 603 g/mol. The summed E-state index contributed by atoms with van der Waals surface area (Å²) in [5, 5.41) is 11.2. The molecule has 47 heavy (non-hydrogen) atoms. The molecule has 1 saturated carbocycles. The van der Waals surface area contributed by atoms with E-state index >= 15 is 4.39 Å². The van der Waals surface area contributed by atoms with Gasteiger partial charge in [-0.1, -0.05) is 86.6 Å². The van der Waals surface area contributed by atoms with E-state index in [0.717, 1.165) is 11.1 Å². The van der Waals surface area contributed by atoms with E-state index in [4.69, 9.17) is 9.47 Å². The first-order valence-corrected chi connectivity index (χ1v) is 15.9. The molecule has 4 aromatic carbocycles. The van der Waals surface area contributed by atoms with Crippen molar-refractivity contribution in [2.24, 2.45) is 0 Å². The maximum absolute atomic E-state index is 15.8. The smallest absolute Gasteiger partial charge is 0.338 e. The summed E-state index contributed by atoms with van der Waals surface area (Å²) >= 11 is 0. The predicted octanol–water partition coefficient (Wildman–Crippen LogP) is 9.40. The van der Waals surface area contributed by atoms with Crippen molar-refractivity contribution in [3.63, 3.8) is 0 Å². The maximum Gasteiger partial charge on any atom is 0.338 e. The van der Waals surface area contributed by atoms with Crippen molar-refractivity contribution in [1.29, 1.82) is 0 Å². The molecule has 0 amide bonds. The molecule has 0 atom stereocenters. The third-order valence-electron chi connectivity index (χ3n) is 9.01. The first kappa shape index (κ1) is 32.4. The maximum atomic E-state index is 15.8. The van der Waals surface area contributed by atoms with Crippen LogP contribution in [0.2, 0.25) is 0 Å². The zero-order valence-corrected chi connectivity index (χ0v) is 26.5. The van der Waals surface area contributed by atoms with Gasteiger partial charge >= 0.3 is 5.97 Å². The molecule has 0 aliphatic heterocycles. The molecule has 1 aliphatic carbocycles. The second-order valence-corrected chi connectivity index (χ2v) is 12.9. The van der Waals surface area contributed by atoms with Gasteiger partial charge in [0.1, 0.15) is 13.2 Å². The lowest BCUT2D eigenvalue weighted by Gasteiger charge is -2.34. The Morgan fingerprint density at radius 1 is 0.872 bits per heavy atom. The number of esters is 1. The lowest BCUT2D eigenvalue weighted by molar-refractivity contribution is -0.0440. The Morgan fingerprint density at radius 2 is 1.47 bits per heavy atom. The summed E-state index contributed by atoms with van der Waals surface area (Å²) in [6, 6.07) is 28.4. The minimum absolute atomic E-state index is 0.0441. The van der Waals surface area contributed by atoms with Gasteiger partial charge in [-0.05, 0) is 53.8 Å². The molecule has 1 aliphatic rings. The van der Waals surface area contributed by atoms with E-state index in [0.29, 0.717) is 33.3 Å². The summed E-state index contributed by atoms with van der Waals surface area (Å²) in [5.41, 5.74) is 3.85. The van der Waals surface area contributed by atoms with E-state index in [2.05, 4.69) is 0 Å². The van der Waals surface area contributed by atoms with Gasteiger partial charge in [-0.2, -0.15) is 0 Å². The van der Waals surface area contributed by atoms with E-state index in [9.17, 15) is 18.7 Å². The van der Waals surface area contributed by atoms with Gasteiger partial charge in [-0.3, -0.25) is 0 Å². The van der Waals surface area contributed by atoms with Crippen LogP contribution in [0.15, 0.2) is 97.1 Å². The minimum Gasteiger partial charge on any atom is -0.485 e. The molecule has 244 valence electrons. The monoisotopic (exact) mass is 641 g/mol. The van der Waals surface area contributed by atoms with Gasteiger partial charge in [0.2, 0.25) is 5.92 Å². The number of carbonyl (C=O) groups is 1. The van der Waals surface area contributed by atoms with Gasteiger partial charge in [0.15, 0.2) is 11.6 Å². The zero-order chi connectivity index (χ0) is 33.2. The molecule has 1 N–H and O–H groups in total. The molecule has 1 aromatic heterocycles. The van der Waals surface area contributed by atoms with Crippen molar-refractivity contribution in [1.82, 2.24) is 4.57 Å². The number of hydrogen-bond donors (Lipinski definition) is 1. The Labute approximate surface area is 272 Å². The Bertz CT molecular complexity index is 1840. The number of carbonyl (C=O) groups excluding carboxylic acids is 1. The highest BCUT2D eigenvalue weighted by Crippen LogP contribution is 2.50. The van der Waals surface area contributed by atoms with Gasteiger partial charge in [-0.25, -0.2) is 18.0 Å².